The van der Waals surface area contributed by atoms with Gasteiger partial charge in [-0.05, 0) is 36.4 Å². The van der Waals surface area contributed by atoms with Gasteiger partial charge in [0.25, 0.3) is 5.91 Å². The van der Waals surface area contributed by atoms with E-state index in [0.717, 1.165) is 28.7 Å². The molecule has 2 amide bonds. The Morgan fingerprint density at radius 1 is 0.974 bits per heavy atom. The summed E-state index contributed by atoms with van der Waals surface area (Å²) in [5.74, 6) is -2.04. The number of methoxy groups -OCH3 is 1. The third-order valence-electron chi connectivity index (χ3n) is 5.79. The first kappa shape index (κ1) is 27.5. The summed E-state index contributed by atoms with van der Waals surface area (Å²) in [6.45, 7) is -0.331. The van der Waals surface area contributed by atoms with E-state index in [0.29, 0.717) is 11.4 Å². The molecule has 7 nitrogen and oxygen atoms in total. The monoisotopic (exact) mass is 540 g/mol. The lowest BCUT2D eigenvalue weighted by molar-refractivity contribution is -0.137. The maximum atomic E-state index is 14.3. The standard InChI is InChI=1S/C28H24F4N4O3/c1-39-16-15-35(26(38)22-9-5-6-10-23(22)29)18-25(37)34-27-33-24(19-7-3-2-4-8-19)17-36(27)21-13-11-20(12-14-21)28(30,31)32/h2-14,17H,15-16,18H2,1H3,(H,33,34,37). The number of hydrogen-bond donors (Lipinski definition) is 1. The molecule has 4 rings (SSSR count). The van der Waals surface area contributed by atoms with Gasteiger partial charge in [0, 0.05) is 31.1 Å². The molecule has 0 radical (unpaired) electrons. The highest BCUT2D eigenvalue weighted by atomic mass is 19.4. The quantitative estimate of drug-likeness (QED) is 0.288. The summed E-state index contributed by atoms with van der Waals surface area (Å²) in [4.78, 5) is 31.7. The minimum atomic E-state index is -4.50. The van der Waals surface area contributed by atoms with Crippen molar-refractivity contribution in [2.45, 2.75) is 6.18 Å². The van der Waals surface area contributed by atoms with E-state index in [4.69, 9.17) is 4.74 Å². The average Bonchev–Trinajstić information content (AvgIpc) is 3.34. The van der Waals surface area contributed by atoms with Crippen molar-refractivity contribution in [3.8, 4) is 16.9 Å². The highest BCUT2D eigenvalue weighted by molar-refractivity contribution is 5.99. The Labute approximate surface area is 221 Å². The number of benzene rings is 3. The van der Waals surface area contributed by atoms with E-state index in [2.05, 4.69) is 10.3 Å². The molecule has 0 bridgehead atoms. The van der Waals surface area contributed by atoms with Crippen molar-refractivity contribution in [3.05, 3.63) is 102 Å². The largest absolute Gasteiger partial charge is 0.416 e. The molecular weight excluding hydrogens is 516 g/mol. The lowest BCUT2D eigenvalue weighted by Crippen LogP contribution is -2.40. The molecule has 1 N–H and O–H groups in total. The number of halogens is 4. The number of carbonyl (C=O) groups excluding carboxylic acids is 2. The van der Waals surface area contributed by atoms with Gasteiger partial charge in [-0.1, -0.05) is 42.5 Å². The predicted molar refractivity (Wildman–Crippen MR) is 137 cm³/mol. The van der Waals surface area contributed by atoms with Crippen LogP contribution in [0.15, 0.2) is 85.1 Å². The second kappa shape index (κ2) is 11.9. The van der Waals surface area contributed by atoms with Crippen LogP contribution in [0, 0.1) is 5.82 Å². The summed E-state index contributed by atoms with van der Waals surface area (Å²) in [6, 6.07) is 18.8. The summed E-state index contributed by atoms with van der Waals surface area (Å²) in [7, 11) is 1.43. The maximum Gasteiger partial charge on any atom is 0.416 e. The van der Waals surface area contributed by atoms with E-state index in [9.17, 15) is 27.2 Å². The Balaban J connectivity index is 1.63. The molecule has 11 heteroatoms. The lowest BCUT2D eigenvalue weighted by Gasteiger charge is -2.22. The number of anilines is 1. The summed E-state index contributed by atoms with van der Waals surface area (Å²) < 4.78 is 60.0. The van der Waals surface area contributed by atoms with Crippen molar-refractivity contribution in [3.63, 3.8) is 0 Å². The van der Waals surface area contributed by atoms with Crippen LogP contribution in [0.4, 0.5) is 23.5 Å². The molecular formula is C28H24F4N4O3. The number of rotatable bonds is 9. The Bertz CT molecular complexity index is 1440. The summed E-state index contributed by atoms with van der Waals surface area (Å²) in [6.07, 6.45) is -2.92. The Morgan fingerprint density at radius 2 is 1.64 bits per heavy atom. The molecule has 0 saturated carbocycles. The Kier molecular flexibility index (Phi) is 8.40. The minimum absolute atomic E-state index is 0.0136. The molecule has 39 heavy (non-hydrogen) atoms. The van der Waals surface area contributed by atoms with Gasteiger partial charge in [0.1, 0.15) is 12.4 Å². The van der Waals surface area contributed by atoms with E-state index < -0.39 is 35.9 Å². The highest BCUT2D eigenvalue weighted by Crippen LogP contribution is 2.31. The van der Waals surface area contributed by atoms with Crippen molar-refractivity contribution < 1.29 is 31.9 Å². The normalized spacial score (nSPS) is 11.3. The fourth-order valence-electron chi connectivity index (χ4n) is 3.82. The zero-order valence-electron chi connectivity index (χ0n) is 20.8. The van der Waals surface area contributed by atoms with E-state index in [1.165, 1.54) is 42.0 Å². The SMILES string of the molecule is COCCN(CC(=O)Nc1nc(-c2ccccc2)cn1-c1ccc(C(F)(F)F)cc1)C(=O)c1ccccc1F. The van der Waals surface area contributed by atoms with E-state index in [1.54, 1.807) is 30.5 Å². The second-order valence-electron chi connectivity index (χ2n) is 8.48. The van der Waals surface area contributed by atoms with Gasteiger partial charge >= 0.3 is 6.18 Å². The first-order chi connectivity index (χ1) is 18.7. The summed E-state index contributed by atoms with van der Waals surface area (Å²) in [5.41, 5.74) is 0.492. The maximum absolute atomic E-state index is 14.3. The Hall–Kier alpha value is -4.51. The van der Waals surface area contributed by atoms with Crippen molar-refractivity contribution >= 4 is 17.8 Å². The molecule has 0 saturated heterocycles. The van der Waals surface area contributed by atoms with Crippen molar-refractivity contribution in [1.29, 1.82) is 0 Å². The van der Waals surface area contributed by atoms with Gasteiger partial charge in [-0.3, -0.25) is 19.5 Å². The number of aromatic nitrogens is 2. The van der Waals surface area contributed by atoms with Gasteiger partial charge in [0.05, 0.1) is 23.4 Å². The zero-order valence-corrected chi connectivity index (χ0v) is 20.8. The molecule has 3 aromatic carbocycles. The molecule has 4 aromatic rings. The fraction of sp³-hybridized carbons (Fsp3) is 0.179. The molecule has 1 aromatic heterocycles. The molecule has 0 aliphatic carbocycles. The van der Waals surface area contributed by atoms with Gasteiger partial charge in [-0.2, -0.15) is 13.2 Å². The molecule has 0 unspecified atom stereocenters. The smallest absolute Gasteiger partial charge is 0.383 e. The number of nitrogens with one attached hydrogen (secondary N) is 1. The first-order valence-electron chi connectivity index (χ1n) is 11.8. The van der Waals surface area contributed by atoms with Crippen molar-refractivity contribution in [1.82, 2.24) is 14.5 Å². The number of hydrogen-bond acceptors (Lipinski definition) is 4. The van der Waals surface area contributed by atoms with Crippen LogP contribution in [0.1, 0.15) is 15.9 Å². The second-order valence-corrected chi connectivity index (χ2v) is 8.48. The molecule has 0 aliphatic rings. The van der Waals surface area contributed by atoms with Gasteiger partial charge in [-0.15, -0.1) is 0 Å². The fourth-order valence-corrected chi connectivity index (χ4v) is 3.82. The van der Waals surface area contributed by atoms with Crippen LogP contribution in [0.25, 0.3) is 16.9 Å². The summed E-state index contributed by atoms with van der Waals surface area (Å²) in [5, 5.41) is 2.63. The van der Waals surface area contributed by atoms with Crippen LogP contribution in [-0.2, 0) is 15.7 Å². The van der Waals surface area contributed by atoms with Crippen LogP contribution >= 0.6 is 0 Å². The zero-order chi connectivity index (χ0) is 28.0. The molecule has 0 fully saturated rings. The molecule has 0 aliphatic heterocycles. The van der Waals surface area contributed by atoms with Crippen LogP contribution in [0.2, 0.25) is 0 Å². The lowest BCUT2D eigenvalue weighted by atomic mass is 10.2. The third-order valence-corrected chi connectivity index (χ3v) is 5.79. The van der Waals surface area contributed by atoms with Crippen LogP contribution < -0.4 is 5.32 Å². The minimum Gasteiger partial charge on any atom is -0.383 e. The number of ether oxygens (including phenoxy) is 1. The number of imidazole rings is 1. The van der Waals surface area contributed by atoms with Gasteiger partial charge in [0.2, 0.25) is 11.9 Å². The van der Waals surface area contributed by atoms with Crippen LogP contribution in [0.3, 0.4) is 0 Å². The van der Waals surface area contributed by atoms with Crippen LogP contribution in [-0.4, -0.2) is 53.1 Å². The topological polar surface area (TPSA) is 76.5 Å². The molecule has 202 valence electrons. The molecule has 1 heterocycles. The number of nitrogens with zero attached hydrogens (tertiary/aromatic N) is 3. The molecule has 0 atom stereocenters. The van der Waals surface area contributed by atoms with E-state index in [1.807, 2.05) is 6.07 Å². The van der Waals surface area contributed by atoms with Crippen LogP contribution in [0.5, 0.6) is 0 Å². The number of amides is 2. The van der Waals surface area contributed by atoms with E-state index >= 15 is 0 Å². The van der Waals surface area contributed by atoms with Gasteiger partial charge in [-0.25, -0.2) is 9.37 Å². The van der Waals surface area contributed by atoms with E-state index in [-0.39, 0.29) is 24.7 Å². The highest BCUT2D eigenvalue weighted by Gasteiger charge is 2.30. The number of carbonyl (C=O) groups is 2. The Morgan fingerprint density at radius 3 is 2.28 bits per heavy atom. The summed E-state index contributed by atoms with van der Waals surface area (Å²) >= 11 is 0. The average molecular weight is 541 g/mol. The van der Waals surface area contributed by atoms with Crippen molar-refractivity contribution in [2.75, 3.05) is 32.1 Å². The first-order valence-corrected chi connectivity index (χ1v) is 11.8. The number of alkyl halides is 3. The molecule has 0 spiro atoms. The van der Waals surface area contributed by atoms with Gasteiger partial charge in [0.15, 0.2) is 0 Å². The third kappa shape index (κ3) is 6.68. The van der Waals surface area contributed by atoms with Gasteiger partial charge < -0.3 is 9.64 Å². The van der Waals surface area contributed by atoms with Crippen molar-refractivity contribution in [2.24, 2.45) is 0 Å². The predicted octanol–water partition coefficient (Wildman–Crippen LogP) is 5.42.